The van der Waals surface area contributed by atoms with Crippen LogP contribution < -0.4 is 10.1 Å². The molecule has 0 bridgehead atoms. The molecule has 1 saturated carbocycles. The number of benzene rings is 1. The van der Waals surface area contributed by atoms with E-state index in [4.69, 9.17) is 9.47 Å². The molecular formula is C17H26ClNO2. The number of para-hydroxylation sites is 1. The summed E-state index contributed by atoms with van der Waals surface area (Å²) in [5, 5.41) is 3.34. The van der Waals surface area contributed by atoms with Gasteiger partial charge in [0.15, 0.2) is 0 Å². The zero-order valence-corrected chi connectivity index (χ0v) is 13.4. The van der Waals surface area contributed by atoms with Crippen LogP contribution in [0.4, 0.5) is 0 Å². The van der Waals surface area contributed by atoms with Crippen LogP contribution in [-0.2, 0) is 4.74 Å². The van der Waals surface area contributed by atoms with E-state index in [1.165, 1.54) is 37.7 Å². The first kappa shape index (κ1) is 16.6. The third-order valence-corrected chi connectivity index (χ3v) is 4.39. The van der Waals surface area contributed by atoms with E-state index in [1.54, 1.807) is 0 Å². The van der Waals surface area contributed by atoms with Crippen molar-refractivity contribution in [3.8, 4) is 5.75 Å². The van der Waals surface area contributed by atoms with Gasteiger partial charge in [-0.25, -0.2) is 0 Å². The molecule has 0 aromatic heterocycles. The summed E-state index contributed by atoms with van der Waals surface area (Å²) >= 11 is 0. The monoisotopic (exact) mass is 311 g/mol. The van der Waals surface area contributed by atoms with Gasteiger partial charge in [0.2, 0.25) is 0 Å². The van der Waals surface area contributed by atoms with E-state index in [0.717, 1.165) is 25.4 Å². The van der Waals surface area contributed by atoms with Gasteiger partial charge in [-0.15, -0.1) is 12.4 Å². The van der Waals surface area contributed by atoms with Crippen LogP contribution in [0.5, 0.6) is 5.75 Å². The SMILES string of the molecule is Cl.c1ccc(C2CCCCC2)c(OCC2CNCCO2)c1. The number of morpholine rings is 1. The molecule has 21 heavy (non-hydrogen) atoms. The standard InChI is InChI=1S/C17H25NO2.ClH/c1-2-6-14(7-3-1)16-8-4-5-9-17(16)20-13-15-12-18-10-11-19-15;/h4-5,8-9,14-15,18H,1-3,6-7,10-13H2;1H. The van der Waals surface area contributed by atoms with Gasteiger partial charge in [0.05, 0.1) is 6.61 Å². The number of halogens is 1. The van der Waals surface area contributed by atoms with E-state index in [2.05, 4.69) is 29.6 Å². The van der Waals surface area contributed by atoms with Crippen LogP contribution in [0, 0.1) is 0 Å². The fourth-order valence-electron chi connectivity index (χ4n) is 3.27. The highest BCUT2D eigenvalue weighted by molar-refractivity contribution is 5.85. The van der Waals surface area contributed by atoms with Gasteiger partial charge in [0, 0.05) is 13.1 Å². The molecule has 0 spiro atoms. The largest absolute Gasteiger partial charge is 0.491 e. The zero-order valence-electron chi connectivity index (χ0n) is 12.6. The number of hydrogen-bond acceptors (Lipinski definition) is 3. The molecule has 118 valence electrons. The van der Waals surface area contributed by atoms with Crippen molar-refractivity contribution in [2.45, 2.75) is 44.1 Å². The summed E-state index contributed by atoms with van der Waals surface area (Å²) in [5.74, 6) is 1.75. The summed E-state index contributed by atoms with van der Waals surface area (Å²) in [7, 11) is 0. The Bertz CT molecular complexity index is 415. The number of rotatable bonds is 4. The Morgan fingerprint density at radius 3 is 2.71 bits per heavy atom. The van der Waals surface area contributed by atoms with Gasteiger partial charge < -0.3 is 14.8 Å². The molecule has 2 fully saturated rings. The summed E-state index contributed by atoms with van der Waals surface area (Å²) in [4.78, 5) is 0. The second kappa shape index (κ2) is 8.62. The zero-order chi connectivity index (χ0) is 13.6. The van der Waals surface area contributed by atoms with Crippen molar-refractivity contribution in [1.29, 1.82) is 0 Å². The first-order chi connectivity index (χ1) is 9.93. The number of nitrogens with one attached hydrogen (secondary N) is 1. The minimum absolute atomic E-state index is 0. The average molecular weight is 312 g/mol. The number of hydrogen-bond donors (Lipinski definition) is 1. The topological polar surface area (TPSA) is 30.5 Å². The lowest BCUT2D eigenvalue weighted by Crippen LogP contribution is -2.41. The molecule has 3 rings (SSSR count). The van der Waals surface area contributed by atoms with E-state index >= 15 is 0 Å². The van der Waals surface area contributed by atoms with Crippen molar-refractivity contribution in [2.24, 2.45) is 0 Å². The molecule has 2 aliphatic rings. The second-order valence-electron chi connectivity index (χ2n) is 5.88. The van der Waals surface area contributed by atoms with Crippen LogP contribution in [-0.4, -0.2) is 32.4 Å². The lowest BCUT2D eigenvalue weighted by atomic mass is 9.84. The van der Waals surface area contributed by atoms with E-state index in [0.29, 0.717) is 12.5 Å². The molecular weight excluding hydrogens is 286 g/mol. The quantitative estimate of drug-likeness (QED) is 0.923. The van der Waals surface area contributed by atoms with Crippen LogP contribution in [0.1, 0.15) is 43.6 Å². The smallest absolute Gasteiger partial charge is 0.122 e. The van der Waals surface area contributed by atoms with E-state index in [1.807, 2.05) is 0 Å². The fraction of sp³-hybridized carbons (Fsp3) is 0.647. The normalized spacial score (nSPS) is 23.3. The van der Waals surface area contributed by atoms with Gasteiger partial charge in [-0.05, 0) is 30.4 Å². The van der Waals surface area contributed by atoms with E-state index in [9.17, 15) is 0 Å². The van der Waals surface area contributed by atoms with Gasteiger partial charge in [0.25, 0.3) is 0 Å². The van der Waals surface area contributed by atoms with Crippen molar-refractivity contribution in [3.63, 3.8) is 0 Å². The molecule has 0 amide bonds. The van der Waals surface area contributed by atoms with Crippen LogP contribution in [0.3, 0.4) is 0 Å². The Labute approximate surface area is 133 Å². The fourth-order valence-corrected chi connectivity index (χ4v) is 3.27. The van der Waals surface area contributed by atoms with Crippen molar-refractivity contribution in [1.82, 2.24) is 5.32 Å². The maximum Gasteiger partial charge on any atom is 0.122 e. The summed E-state index contributed by atoms with van der Waals surface area (Å²) < 4.78 is 11.8. The molecule has 1 aliphatic carbocycles. The van der Waals surface area contributed by atoms with Crippen molar-refractivity contribution in [2.75, 3.05) is 26.3 Å². The third-order valence-electron chi connectivity index (χ3n) is 4.39. The lowest BCUT2D eigenvalue weighted by molar-refractivity contribution is -0.0000908. The molecule has 1 saturated heterocycles. The first-order valence-electron chi connectivity index (χ1n) is 7.97. The summed E-state index contributed by atoms with van der Waals surface area (Å²) in [6.07, 6.45) is 6.90. The van der Waals surface area contributed by atoms with Crippen LogP contribution in [0.25, 0.3) is 0 Å². The van der Waals surface area contributed by atoms with Gasteiger partial charge in [-0.2, -0.15) is 0 Å². The van der Waals surface area contributed by atoms with Crippen molar-refractivity contribution in [3.05, 3.63) is 29.8 Å². The molecule has 1 N–H and O–H groups in total. The Hall–Kier alpha value is -0.770. The molecule has 4 heteroatoms. The molecule has 0 radical (unpaired) electrons. The molecule has 1 unspecified atom stereocenters. The number of ether oxygens (including phenoxy) is 2. The highest BCUT2D eigenvalue weighted by Gasteiger charge is 2.20. The van der Waals surface area contributed by atoms with Crippen LogP contribution in [0.2, 0.25) is 0 Å². The highest BCUT2D eigenvalue weighted by Crippen LogP contribution is 2.37. The van der Waals surface area contributed by atoms with Gasteiger partial charge in [0.1, 0.15) is 18.5 Å². The molecule has 1 aromatic carbocycles. The van der Waals surface area contributed by atoms with Gasteiger partial charge in [-0.1, -0.05) is 37.5 Å². The Kier molecular flexibility index (Phi) is 6.81. The minimum atomic E-state index is 0. The van der Waals surface area contributed by atoms with Crippen LogP contribution in [0.15, 0.2) is 24.3 Å². The van der Waals surface area contributed by atoms with Crippen LogP contribution >= 0.6 is 12.4 Å². The maximum atomic E-state index is 6.06. The van der Waals surface area contributed by atoms with Crippen molar-refractivity contribution < 1.29 is 9.47 Å². The van der Waals surface area contributed by atoms with E-state index in [-0.39, 0.29) is 18.5 Å². The molecule has 1 atom stereocenters. The predicted molar refractivity (Wildman–Crippen MR) is 87.6 cm³/mol. The van der Waals surface area contributed by atoms with Gasteiger partial charge >= 0.3 is 0 Å². The Morgan fingerprint density at radius 1 is 1.14 bits per heavy atom. The Balaban J connectivity index is 0.00000161. The maximum absolute atomic E-state index is 6.06. The van der Waals surface area contributed by atoms with Gasteiger partial charge in [-0.3, -0.25) is 0 Å². The van der Waals surface area contributed by atoms with Crippen molar-refractivity contribution >= 4 is 12.4 Å². The molecule has 1 heterocycles. The Morgan fingerprint density at radius 2 is 1.95 bits per heavy atom. The van der Waals surface area contributed by atoms with E-state index < -0.39 is 0 Å². The molecule has 1 aliphatic heterocycles. The third kappa shape index (κ3) is 4.60. The molecule has 3 nitrogen and oxygen atoms in total. The lowest BCUT2D eigenvalue weighted by Gasteiger charge is -2.26. The summed E-state index contributed by atoms with van der Waals surface area (Å²) in [5.41, 5.74) is 1.40. The highest BCUT2D eigenvalue weighted by atomic mass is 35.5. The predicted octanol–water partition coefficient (Wildman–Crippen LogP) is 3.52. The molecule has 1 aromatic rings. The summed E-state index contributed by atoms with van der Waals surface area (Å²) in [6.45, 7) is 3.29. The first-order valence-corrected chi connectivity index (χ1v) is 7.97. The summed E-state index contributed by atoms with van der Waals surface area (Å²) in [6, 6.07) is 8.56. The average Bonchev–Trinajstić information content (AvgIpc) is 2.55. The minimum Gasteiger partial charge on any atom is -0.491 e. The second-order valence-corrected chi connectivity index (χ2v) is 5.88.